The van der Waals surface area contributed by atoms with E-state index >= 15 is 0 Å². The number of non-ortho nitro benzene ring substituents is 1. The van der Waals surface area contributed by atoms with Gasteiger partial charge in [-0.15, -0.1) is 0 Å². The van der Waals surface area contributed by atoms with Crippen LogP contribution in [0.5, 0.6) is 0 Å². The number of hydrogen-bond donors (Lipinski definition) is 1. The lowest BCUT2D eigenvalue weighted by Crippen LogP contribution is -1.95. The second kappa shape index (κ2) is 4.95. The molecule has 1 aromatic carbocycles. The first-order valence-electron chi connectivity index (χ1n) is 5.00. The zero-order valence-electron chi connectivity index (χ0n) is 9.31. The van der Waals surface area contributed by atoms with Gasteiger partial charge in [-0.05, 0) is 22.9 Å². The zero-order valence-corrected chi connectivity index (χ0v) is 11.7. The van der Waals surface area contributed by atoms with Crippen molar-refractivity contribution < 1.29 is 4.92 Å². The highest BCUT2D eigenvalue weighted by Crippen LogP contribution is 2.23. The summed E-state index contributed by atoms with van der Waals surface area (Å²) in [6.45, 7) is 1.85. The summed E-state index contributed by atoms with van der Waals surface area (Å²) in [7, 11) is 0. The molecule has 5 nitrogen and oxygen atoms in total. The van der Waals surface area contributed by atoms with Gasteiger partial charge in [0.25, 0.3) is 5.69 Å². The van der Waals surface area contributed by atoms with Gasteiger partial charge in [0.05, 0.1) is 9.40 Å². The Bertz CT molecular complexity index is 684. The van der Waals surface area contributed by atoms with Crippen molar-refractivity contribution in [2.45, 2.75) is 6.92 Å². The summed E-state index contributed by atoms with van der Waals surface area (Å²) in [6, 6.07) is 6.25. The van der Waals surface area contributed by atoms with Crippen molar-refractivity contribution in [1.82, 2.24) is 9.97 Å². The highest BCUT2D eigenvalue weighted by molar-refractivity contribution is 9.10. The lowest BCUT2D eigenvalue weighted by molar-refractivity contribution is -0.384. The Hall–Kier alpha value is -1.60. The van der Waals surface area contributed by atoms with Gasteiger partial charge in [-0.25, -0.2) is 4.98 Å². The molecule has 1 aromatic heterocycles. The van der Waals surface area contributed by atoms with Crippen molar-refractivity contribution in [2.75, 3.05) is 0 Å². The van der Waals surface area contributed by atoms with E-state index in [9.17, 15) is 10.1 Å². The van der Waals surface area contributed by atoms with Gasteiger partial charge in [0, 0.05) is 23.4 Å². The molecule has 92 valence electrons. The number of aromatic amines is 1. The van der Waals surface area contributed by atoms with Crippen LogP contribution in [0, 0.1) is 21.7 Å². The molecule has 0 aliphatic heterocycles. The van der Waals surface area contributed by atoms with E-state index in [1.54, 1.807) is 12.1 Å². The third-order valence-electron chi connectivity index (χ3n) is 2.37. The molecular weight excluding hydrogens is 318 g/mol. The van der Waals surface area contributed by atoms with Crippen molar-refractivity contribution in [1.29, 1.82) is 0 Å². The highest BCUT2D eigenvalue weighted by Gasteiger charge is 2.09. The Labute approximate surface area is 116 Å². The summed E-state index contributed by atoms with van der Waals surface area (Å²) in [5.41, 5.74) is 1.48. The fraction of sp³-hybridized carbons (Fsp3) is 0.0909. The minimum atomic E-state index is -0.441. The number of hydrogen-bond acceptors (Lipinski definition) is 4. The first-order chi connectivity index (χ1) is 8.49. The minimum absolute atomic E-state index is 0.0224. The normalized spacial score (nSPS) is 10.3. The van der Waals surface area contributed by atoms with Crippen LogP contribution in [0.2, 0.25) is 0 Å². The maximum Gasteiger partial charge on any atom is 0.270 e. The number of nitro groups is 1. The Kier molecular flexibility index (Phi) is 3.53. The Morgan fingerprint density at radius 3 is 2.83 bits per heavy atom. The maximum atomic E-state index is 10.7. The summed E-state index contributed by atoms with van der Waals surface area (Å²) in [4.78, 5) is 17.5. The van der Waals surface area contributed by atoms with E-state index in [1.807, 2.05) is 6.92 Å². The summed E-state index contributed by atoms with van der Waals surface area (Å²) >= 11 is 8.42. The summed E-state index contributed by atoms with van der Waals surface area (Å²) in [5.74, 6) is 0.518. The van der Waals surface area contributed by atoms with Crippen molar-refractivity contribution in [2.24, 2.45) is 0 Å². The standard InChI is InChI=1S/C11H8BrN3O2S/c1-6-9(12)11(18)14-10(13-6)7-3-2-4-8(5-7)15(16)17/h2-5H,1H3,(H,13,14,18). The quantitative estimate of drug-likeness (QED) is 0.518. The molecule has 0 amide bonds. The molecule has 7 heteroatoms. The van der Waals surface area contributed by atoms with Crippen molar-refractivity contribution in [3.63, 3.8) is 0 Å². The maximum absolute atomic E-state index is 10.7. The third kappa shape index (κ3) is 2.46. The van der Waals surface area contributed by atoms with Crippen LogP contribution in [0.4, 0.5) is 5.69 Å². The number of halogens is 1. The molecule has 18 heavy (non-hydrogen) atoms. The zero-order chi connectivity index (χ0) is 13.3. The van der Waals surface area contributed by atoms with Crippen molar-refractivity contribution in [3.05, 3.63) is 49.2 Å². The molecule has 0 atom stereocenters. The van der Waals surface area contributed by atoms with Crippen LogP contribution >= 0.6 is 28.1 Å². The molecule has 0 fully saturated rings. The fourth-order valence-electron chi connectivity index (χ4n) is 1.47. The number of nitrogens with zero attached hydrogens (tertiary/aromatic N) is 2. The van der Waals surface area contributed by atoms with Crippen LogP contribution in [-0.4, -0.2) is 14.9 Å². The van der Waals surface area contributed by atoms with Gasteiger partial charge in [0.15, 0.2) is 0 Å². The Morgan fingerprint density at radius 2 is 2.22 bits per heavy atom. The van der Waals surface area contributed by atoms with E-state index in [2.05, 4.69) is 25.9 Å². The topological polar surface area (TPSA) is 71.8 Å². The summed E-state index contributed by atoms with van der Waals surface area (Å²) < 4.78 is 1.15. The van der Waals surface area contributed by atoms with E-state index < -0.39 is 4.92 Å². The number of aryl methyl sites for hydroxylation is 1. The van der Waals surface area contributed by atoms with Gasteiger partial charge < -0.3 is 4.98 Å². The number of aromatic nitrogens is 2. The van der Waals surface area contributed by atoms with Gasteiger partial charge in [-0.1, -0.05) is 24.4 Å². The van der Waals surface area contributed by atoms with Gasteiger partial charge in [0.2, 0.25) is 0 Å². The Balaban J connectivity index is 2.59. The van der Waals surface area contributed by atoms with E-state index in [-0.39, 0.29) is 5.69 Å². The Morgan fingerprint density at radius 1 is 1.50 bits per heavy atom. The predicted octanol–water partition coefficient (Wildman–Crippen LogP) is 3.79. The lowest BCUT2D eigenvalue weighted by Gasteiger charge is -2.04. The van der Waals surface area contributed by atoms with E-state index in [4.69, 9.17) is 12.2 Å². The minimum Gasteiger partial charge on any atom is -0.342 e. The molecule has 0 aliphatic rings. The number of H-pyrrole nitrogens is 1. The SMILES string of the molecule is Cc1[nH]c(-c2cccc([N+](=O)[O-])c2)nc(=S)c1Br. The monoisotopic (exact) mass is 325 g/mol. The largest absolute Gasteiger partial charge is 0.342 e. The van der Waals surface area contributed by atoms with Crippen molar-refractivity contribution >= 4 is 33.8 Å². The molecule has 2 aromatic rings. The number of benzene rings is 1. The molecule has 1 N–H and O–H groups in total. The average molecular weight is 326 g/mol. The summed E-state index contributed by atoms with van der Waals surface area (Å²) in [5, 5.41) is 10.7. The molecule has 1 heterocycles. The van der Waals surface area contributed by atoms with E-state index in [0.717, 1.165) is 10.2 Å². The van der Waals surface area contributed by atoms with Crippen LogP contribution in [0.25, 0.3) is 11.4 Å². The summed E-state index contributed by atoms with van der Waals surface area (Å²) in [6.07, 6.45) is 0. The molecule has 0 bridgehead atoms. The number of nitro benzene ring substituents is 1. The first kappa shape index (κ1) is 12.8. The van der Waals surface area contributed by atoms with Crippen LogP contribution in [0.1, 0.15) is 5.69 Å². The van der Waals surface area contributed by atoms with Crippen LogP contribution in [-0.2, 0) is 0 Å². The van der Waals surface area contributed by atoms with Gasteiger partial charge >= 0.3 is 0 Å². The van der Waals surface area contributed by atoms with Gasteiger partial charge in [-0.3, -0.25) is 10.1 Å². The molecular formula is C11H8BrN3O2S. The molecule has 0 saturated carbocycles. The molecule has 0 spiro atoms. The molecule has 2 rings (SSSR count). The van der Waals surface area contributed by atoms with Crippen LogP contribution in [0.15, 0.2) is 28.7 Å². The first-order valence-corrected chi connectivity index (χ1v) is 6.20. The predicted molar refractivity (Wildman–Crippen MR) is 73.9 cm³/mol. The third-order valence-corrected chi connectivity index (χ3v) is 3.89. The smallest absolute Gasteiger partial charge is 0.270 e. The van der Waals surface area contributed by atoms with Crippen LogP contribution < -0.4 is 0 Å². The fourth-order valence-corrected chi connectivity index (χ4v) is 1.91. The van der Waals surface area contributed by atoms with Gasteiger partial charge in [0.1, 0.15) is 10.5 Å². The van der Waals surface area contributed by atoms with Crippen LogP contribution in [0.3, 0.4) is 0 Å². The molecule has 0 saturated heterocycles. The average Bonchev–Trinajstić information content (AvgIpc) is 2.35. The molecule has 0 radical (unpaired) electrons. The van der Waals surface area contributed by atoms with Gasteiger partial charge in [-0.2, -0.15) is 0 Å². The highest BCUT2D eigenvalue weighted by atomic mass is 79.9. The molecule has 0 unspecified atom stereocenters. The van der Waals surface area contributed by atoms with Crippen molar-refractivity contribution in [3.8, 4) is 11.4 Å². The number of nitrogens with one attached hydrogen (secondary N) is 1. The second-order valence-electron chi connectivity index (χ2n) is 3.64. The number of rotatable bonds is 2. The van der Waals surface area contributed by atoms with E-state index in [0.29, 0.717) is 16.0 Å². The lowest BCUT2D eigenvalue weighted by atomic mass is 10.2. The molecule has 0 aliphatic carbocycles. The van der Waals surface area contributed by atoms with E-state index in [1.165, 1.54) is 12.1 Å². The second-order valence-corrected chi connectivity index (χ2v) is 4.82.